The molecule has 0 saturated carbocycles. The summed E-state index contributed by atoms with van der Waals surface area (Å²) in [6, 6.07) is 3.89. The minimum absolute atomic E-state index is 0.229. The van der Waals surface area contributed by atoms with Gasteiger partial charge in [-0.3, -0.25) is 0 Å². The van der Waals surface area contributed by atoms with Crippen molar-refractivity contribution in [1.82, 2.24) is 5.32 Å². The number of rotatable bonds is 2. The van der Waals surface area contributed by atoms with E-state index in [4.69, 9.17) is 0 Å². The highest BCUT2D eigenvalue weighted by atomic mass is 32.1. The molecule has 1 unspecified atom stereocenters. The topological polar surface area (TPSA) is 38.3 Å². The molecule has 76 valence electrons. The van der Waals surface area contributed by atoms with Crippen LogP contribution in [0.5, 0.6) is 0 Å². The zero-order chi connectivity index (χ0) is 9.97. The van der Waals surface area contributed by atoms with Gasteiger partial charge >= 0.3 is 5.97 Å². The number of methoxy groups -OCH3 is 1. The van der Waals surface area contributed by atoms with Crippen LogP contribution in [0.4, 0.5) is 0 Å². The molecule has 1 fully saturated rings. The van der Waals surface area contributed by atoms with Crippen molar-refractivity contribution in [2.75, 3.05) is 20.2 Å². The number of carbonyl (C=O) groups excluding carboxylic acids is 1. The second-order valence-electron chi connectivity index (χ2n) is 3.38. The molecule has 0 aromatic carbocycles. The number of ether oxygens (including phenoxy) is 1. The Balaban J connectivity index is 2.12. The largest absolute Gasteiger partial charge is 0.465 e. The highest BCUT2D eigenvalue weighted by Gasteiger charge is 2.19. The van der Waals surface area contributed by atoms with Crippen LogP contribution in [0.3, 0.4) is 0 Å². The molecule has 14 heavy (non-hydrogen) atoms. The van der Waals surface area contributed by atoms with Crippen LogP contribution in [0, 0.1) is 0 Å². The van der Waals surface area contributed by atoms with E-state index in [1.54, 1.807) is 11.3 Å². The van der Waals surface area contributed by atoms with Gasteiger partial charge in [-0.1, -0.05) is 0 Å². The Bertz CT molecular complexity index is 329. The van der Waals surface area contributed by atoms with Gasteiger partial charge in [-0.05, 0) is 25.1 Å². The number of hydrogen-bond donors (Lipinski definition) is 1. The van der Waals surface area contributed by atoms with Gasteiger partial charge in [-0.15, -0.1) is 11.3 Å². The van der Waals surface area contributed by atoms with Crippen molar-refractivity contribution in [2.24, 2.45) is 0 Å². The molecule has 2 heterocycles. The molecule has 1 aromatic rings. The van der Waals surface area contributed by atoms with E-state index in [2.05, 4.69) is 10.1 Å². The summed E-state index contributed by atoms with van der Waals surface area (Å²) < 4.78 is 4.67. The Morgan fingerprint density at radius 3 is 3.14 bits per heavy atom. The predicted molar refractivity (Wildman–Crippen MR) is 55.9 cm³/mol. The van der Waals surface area contributed by atoms with E-state index >= 15 is 0 Å². The molecule has 3 nitrogen and oxygen atoms in total. The zero-order valence-corrected chi connectivity index (χ0v) is 8.89. The van der Waals surface area contributed by atoms with Crippen molar-refractivity contribution in [1.29, 1.82) is 0 Å². The molecule has 1 aliphatic rings. The van der Waals surface area contributed by atoms with E-state index in [9.17, 15) is 4.79 Å². The first-order valence-corrected chi connectivity index (χ1v) is 5.51. The molecular weight excluding hydrogens is 198 g/mol. The van der Waals surface area contributed by atoms with Crippen molar-refractivity contribution >= 4 is 17.3 Å². The third-order valence-corrected chi connectivity index (χ3v) is 3.70. The Kier molecular flexibility index (Phi) is 2.84. The summed E-state index contributed by atoms with van der Waals surface area (Å²) in [4.78, 5) is 13.2. The molecule has 2 rings (SSSR count). The second kappa shape index (κ2) is 4.11. The fourth-order valence-electron chi connectivity index (χ4n) is 1.68. The molecule has 1 aliphatic heterocycles. The molecule has 0 bridgehead atoms. The van der Waals surface area contributed by atoms with Gasteiger partial charge in [0.15, 0.2) is 0 Å². The molecule has 1 saturated heterocycles. The third-order valence-electron chi connectivity index (χ3n) is 2.48. The van der Waals surface area contributed by atoms with Crippen molar-refractivity contribution in [3.8, 4) is 0 Å². The maximum atomic E-state index is 11.2. The van der Waals surface area contributed by atoms with E-state index in [0.29, 0.717) is 10.8 Å². The number of carbonyl (C=O) groups is 1. The first-order valence-electron chi connectivity index (χ1n) is 4.70. The Hall–Kier alpha value is -0.870. The van der Waals surface area contributed by atoms with E-state index in [0.717, 1.165) is 13.1 Å². The van der Waals surface area contributed by atoms with Crippen LogP contribution in [-0.2, 0) is 4.74 Å². The molecule has 1 atom stereocenters. The van der Waals surface area contributed by atoms with Gasteiger partial charge in [-0.25, -0.2) is 4.79 Å². The van der Waals surface area contributed by atoms with Crippen LogP contribution in [0.15, 0.2) is 12.1 Å². The lowest BCUT2D eigenvalue weighted by atomic mass is 10.1. The summed E-state index contributed by atoms with van der Waals surface area (Å²) in [6.45, 7) is 2.11. The zero-order valence-electron chi connectivity index (χ0n) is 8.08. The molecule has 0 amide bonds. The molecule has 4 heteroatoms. The second-order valence-corrected chi connectivity index (χ2v) is 4.50. The lowest BCUT2D eigenvalue weighted by molar-refractivity contribution is 0.0606. The maximum absolute atomic E-state index is 11.2. The Labute approximate surface area is 87.1 Å². The average molecular weight is 211 g/mol. The number of esters is 1. The van der Waals surface area contributed by atoms with Crippen LogP contribution in [0.2, 0.25) is 0 Å². The summed E-state index contributed by atoms with van der Waals surface area (Å²) in [7, 11) is 1.42. The minimum atomic E-state index is -0.229. The van der Waals surface area contributed by atoms with Crippen molar-refractivity contribution < 1.29 is 9.53 Å². The highest BCUT2D eigenvalue weighted by molar-refractivity contribution is 7.14. The maximum Gasteiger partial charge on any atom is 0.348 e. The molecule has 0 radical (unpaired) electrons. The Morgan fingerprint density at radius 2 is 2.50 bits per heavy atom. The molecule has 1 N–H and O–H groups in total. The van der Waals surface area contributed by atoms with E-state index in [-0.39, 0.29) is 5.97 Å². The van der Waals surface area contributed by atoms with Crippen LogP contribution >= 0.6 is 11.3 Å². The van der Waals surface area contributed by atoms with Crippen LogP contribution in [-0.4, -0.2) is 26.2 Å². The van der Waals surface area contributed by atoms with Crippen molar-refractivity contribution in [3.05, 3.63) is 21.9 Å². The van der Waals surface area contributed by atoms with Gasteiger partial charge in [0.05, 0.1) is 7.11 Å². The molecule has 0 spiro atoms. The van der Waals surface area contributed by atoms with Gasteiger partial charge in [0.1, 0.15) is 4.88 Å². The summed E-state index contributed by atoms with van der Waals surface area (Å²) in [5.74, 6) is 0.352. The number of nitrogens with one attached hydrogen (secondary N) is 1. The van der Waals surface area contributed by atoms with Crippen LogP contribution in [0.1, 0.15) is 26.9 Å². The summed E-state index contributed by atoms with van der Waals surface area (Å²) >= 11 is 1.55. The fraction of sp³-hybridized carbons (Fsp3) is 0.500. The first kappa shape index (κ1) is 9.68. The normalized spacial score (nSPS) is 21.1. The van der Waals surface area contributed by atoms with Gasteiger partial charge in [-0.2, -0.15) is 0 Å². The van der Waals surface area contributed by atoms with Crippen LogP contribution in [0.25, 0.3) is 0 Å². The van der Waals surface area contributed by atoms with E-state index in [1.807, 2.05) is 12.1 Å². The fourth-order valence-corrected chi connectivity index (χ4v) is 2.74. The summed E-state index contributed by atoms with van der Waals surface area (Å²) in [6.07, 6.45) is 1.17. The first-order chi connectivity index (χ1) is 6.81. The van der Waals surface area contributed by atoms with Crippen molar-refractivity contribution in [3.63, 3.8) is 0 Å². The van der Waals surface area contributed by atoms with Gasteiger partial charge in [0.2, 0.25) is 0 Å². The smallest absolute Gasteiger partial charge is 0.348 e. The highest BCUT2D eigenvalue weighted by Crippen LogP contribution is 2.29. The quantitative estimate of drug-likeness (QED) is 0.755. The van der Waals surface area contributed by atoms with Gasteiger partial charge < -0.3 is 10.1 Å². The number of hydrogen-bond acceptors (Lipinski definition) is 4. The average Bonchev–Trinajstić information content (AvgIpc) is 2.86. The number of thiophene rings is 1. The predicted octanol–water partition coefficient (Wildman–Crippen LogP) is 1.61. The summed E-state index contributed by atoms with van der Waals surface area (Å²) in [5.41, 5.74) is 0. The van der Waals surface area contributed by atoms with Crippen molar-refractivity contribution in [2.45, 2.75) is 12.3 Å². The molecule has 0 aliphatic carbocycles. The monoisotopic (exact) mass is 211 g/mol. The SMILES string of the molecule is COC(=O)c1ccc(C2CCNC2)s1. The minimum Gasteiger partial charge on any atom is -0.465 e. The third kappa shape index (κ3) is 1.81. The van der Waals surface area contributed by atoms with Gasteiger partial charge in [0.25, 0.3) is 0 Å². The van der Waals surface area contributed by atoms with E-state index < -0.39 is 0 Å². The Morgan fingerprint density at radius 1 is 1.64 bits per heavy atom. The van der Waals surface area contributed by atoms with Crippen LogP contribution < -0.4 is 5.32 Å². The molecule has 1 aromatic heterocycles. The lowest BCUT2D eigenvalue weighted by Crippen LogP contribution is -2.07. The van der Waals surface area contributed by atoms with Gasteiger partial charge in [0, 0.05) is 17.3 Å². The summed E-state index contributed by atoms with van der Waals surface area (Å²) in [5, 5.41) is 3.31. The lowest BCUT2D eigenvalue weighted by Gasteiger charge is -2.02. The molecular formula is C10H13NO2S. The standard InChI is InChI=1S/C10H13NO2S/c1-13-10(12)9-3-2-8(14-9)7-4-5-11-6-7/h2-3,7,11H,4-6H2,1H3. The van der Waals surface area contributed by atoms with E-state index in [1.165, 1.54) is 18.4 Å².